The molecule has 0 spiro atoms. The Morgan fingerprint density at radius 2 is 1.30 bits per heavy atom. The van der Waals surface area contributed by atoms with E-state index in [1.54, 1.807) is 0 Å². The van der Waals surface area contributed by atoms with Gasteiger partial charge in [-0.15, -0.1) is 0 Å². The minimum Gasteiger partial charge on any atom is -0.0836 e. The fourth-order valence-electron chi connectivity index (χ4n) is 2.26. The lowest BCUT2D eigenvalue weighted by Crippen LogP contribution is -1.84. The third kappa shape index (κ3) is 2.65. The van der Waals surface area contributed by atoms with Crippen LogP contribution >= 0.6 is 27.5 Å². The van der Waals surface area contributed by atoms with Crippen LogP contribution in [0.25, 0.3) is 22.3 Å². The highest BCUT2D eigenvalue weighted by Crippen LogP contribution is 2.36. The number of rotatable bonds is 2. The van der Waals surface area contributed by atoms with Crippen LogP contribution < -0.4 is 0 Å². The molecule has 0 bridgehead atoms. The average Bonchev–Trinajstić information content (AvgIpc) is 2.48. The summed E-state index contributed by atoms with van der Waals surface area (Å²) in [6, 6.07) is 24.6. The summed E-state index contributed by atoms with van der Waals surface area (Å²) in [6.07, 6.45) is 0. The number of halogens is 2. The van der Waals surface area contributed by atoms with Gasteiger partial charge in [0.1, 0.15) is 0 Å². The van der Waals surface area contributed by atoms with Gasteiger partial charge in [0.15, 0.2) is 0 Å². The smallest absolute Gasteiger partial charge is 0.0495 e. The van der Waals surface area contributed by atoms with Gasteiger partial charge in [-0.2, -0.15) is 0 Å². The molecule has 0 heterocycles. The van der Waals surface area contributed by atoms with Gasteiger partial charge in [-0.1, -0.05) is 82.1 Å². The van der Waals surface area contributed by atoms with E-state index < -0.39 is 0 Å². The van der Waals surface area contributed by atoms with Gasteiger partial charge >= 0.3 is 0 Å². The minimum absolute atomic E-state index is 0.754. The summed E-state index contributed by atoms with van der Waals surface area (Å²) >= 11 is 9.91. The zero-order valence-corrected chi connectivity index (χ0v) is 13.0. The van der Waals surface area contributed by atoms with E-state index in [-0.39, 0.29) is 0 Å². The van der Waals surface area contributed by atoms with E-state index in [1.165, 1.54) is 11.1 Å². The van der Waals surface area contributed by atoms with Crippen LogP contribution in [-0.2, 0) is 0 Å². The molecule has 0 saturated heterocycles. The largest absolute Gasteiger partial charge is 0.0836 e. The standard InChI is InChI=1S/C18H12BrCl/c19-16-10-5-11-17(20)18(16)15-9-4-8-14(12-15)13-6-2-1-3-7-13/h1-12H. The zero-order chi connectivity index (χ0) is 13.9. The van der Waals surface area contributed by atoms with Crippen LogP contribution in [0, 0.1) is 0 Å². The Bertz CT molecular complexity index is 715. The Balaban J connectivity index is 2.13. The molecule has 0 saturated carbocycles. The van der Waals surface area contributed by atoms with E-state index in [1.807, 2.05) is 36.4 Å². The Morgan fingerprint density at radius 3 is 2.05 bits per heavy atom. The highest BCUT2D eigenvalue weighted by molar-refractivity contribution is 9.10. The molecule has 20 heavy (non-hydrogen) atoms. The monoisotopic (exact) mass is 342 g/mol. The molecule has 0 aliphatic heterocycles. The molecule has 0 N–H and O–H groups in total. The van der Waals surface area contributed by atoms with E-state index in [9.17, 15) is 0 Å². The lowest BCUT2D eigenvalue weighted by atomic mass is 9.99. The van der Waals surface area contributed by atoms with Gasteiger partial charge in [0.05, 0.1) is 0 Å². The van der Waals surface area contributed by atoms with Crippen molar-refractivity contribution in [3.63, 3.8) is 0 Å². The maximum Gasteiger partial charge on any atom is 0.0495 e. The molecule has 98 valence electrons. The second-order valence-electron chi connectivity index (χ2n) is 4.54. The molecule has 2 heteroatoms. The van der Waals surface area contributed by atoms with Crippen LogP contribution in [0.1, 0.15) is 0 Å². The molecule has 0 fully saturated rings. The summed E-state index contributed by atoms with van der Waals surface area (Å²) in [6.45, 7) is 0. The molecular weight excluding hydrogens is 332 g/mol. The van der Waals surface area contributed by atoms with Crippen LogP contribution in [0.15, 0.2) is 77.3 Å². The Morgan fingerprint density at radius 1 is 0.650 bits per heavy atom. The number of hydrogen-bond acceptors (Lipinski definition) is 0. The molecule has 0 aliphatic carbocycles. The maximum absolute atomic E-state index is 6.33. The summed E-state index contributed by atoms with van der Waals surface area (Å²) < 4.78 is 1.01. The van der Waals surface area contributed by atoms with Gasteiger partial charge in [-0.05, 0) is 34.9 Å². The van der Waals surface area contributed by atoms with E-state index in [0.717, 1.165) is 20.6 Å². The molecule has 0 amide bonds. The van der Waals surface area contributed by atoms with Gasteiger partial charge in [-0.25, -0.2) is 0 Å². The fraction of sp³-hybridized carbons (Fsp3) is 0. The van der Waals surface area contributed by atoms with Crippen LogP contribution in [-0.4, -0.2) is 0 Å². The van der Waals surface area contributed by atoms with Crippen molar-refractivity contribution < 1.29 is 0 Å². The zero-order valence-electron chi connectivity index (χ0n) is 10.7. The third-order valence-corrected chi connectivity index (χ3v) is 4.20. The first-order chi connectivity index (χ1) is 9.75. The Kier molecular flexibility index (Phi) is 3.90. The van der Waals surface area contributed by atoms with Crippen LogP contribution in [0.5, 0.6) is 0 Å². The van der Waals surface area contributed by atoms with Crippen molar-refractivity contribution in [2.45, 2.75) is 0 Å². The molecule has 0 radical (unpaired) electrons. The second-order valence-corrected chi connectivity index (χ2v) is 5.81. The molecular formula is C18H12BrCl. The predicted octanol–water partition coefficient (Wildman–Crippen LogP) is 6.44. The van der Waals surface area contributed by atoms with E-state index >= 15 is 0 Å². The fourth-order valence-corrected chi connectivity index (χ4v) is 3.25. The van der Waals surface area contributed by atoms with Gasteiger partial charge in [0.25, 0.3) is 0 Å². The predicted molar refractivity (Wildman–Crippen MR) is 90.0 cm³/mol. The summed E-state index contributed by atoms with van der Waals surface area (Å²) in [5.41, 5.74) is 4.54. The van der Waals surface area contributed by atoms with Crippen molar-refractivity contribution in [3.05, 3.63) is 82.3 Å². The normalized spacial score (nSPS) is 10.5. The first-order valence-electron chi connectivity index (χ1n) is 6.35. The average molecular weight is 344 g/mol. The van der Waals surface area contributed by atoms with Gasteiger partial charge in [0, 0.05) is 15.1 Å². The molecule has 3 aromatic rings. The quantitative estimate of drug-likeness (QED) is 0.502. The van der Waals surface area contributed by atoms with Crippen molar-refractivity contribution in [1.29, 1.82) is 0 Å². The number of benzene rings is 3. The highest BCUT2D eigenvalue weighted by Gasteiger charge is 2.08. The highest BCUT2D eigenvalue weighted by atomic mass is 79.9. The van der Waals surface area contributed by atoms with Crippen LogP contribution in [0.3, 0.4) is 0 Å². The summed E-state index contributed by atoms with van der Waals surface area (Å²) in [7, 11) is 0. The lowest BCUT2D eigenvalue weighted by molar-refractivity contribution is 1.56. The van der Waals surface area contributed by atoms with Crippen molar-refractivity contribution in [2.75, 3.05) is 0 Å². The summed E-state index contributed by atoms with van der Waals surface area (Å²) in [5.74, 6) is 0. The second kappa shape index (κ2) is 5.82. The third-order valence-electron chi connectivity index (χ3n) is 3.22. The topological polar surface area (TPSA) is 0 Å². The summed E-state index contributed by atoms with van der Waals surface area (Å²) in [4.78, 5) is 0. The molecule has 3 aromatic carbocycles. The van der Waals surface area contributed by atoms with E-state index in [0.29, 0.717) is 0 Å². The SMILES string of the molecule is Clc1cccc(Br)c1-c1cccc(-c2ccccc2)c1. The molecule has 3 rings (SSSR count). The molecule has 0 aromatic heterocycles. The Labute approximate surface area is 132 Å². The van der Waals surface area contributed by atoms with E-state index in [2.05, 4.69) is 52.3 Å². The maximum atomic E-state index is 6.33. The van der Waals surface area contributed by atoms with Crippen molar-refractivity contribution in [2.24, 2.45) is 0 Å². The molecule has 0 aliphatic rings. The molecule has 0 unspecified atom stereocenters. The van der Waals surface area contributed by atoms with Crippen LogP contribution in [0.2, 0.25) is 5.02 Å². The van der Waals surface area contributed by atoms with E-state index in [4.69, 9.17) is 11.6 Å². The summed E-state index contributed by atoms with van der Waals surface area (Å²) in [5, 5.41) is 0.754. The van der Waals surface area contributed by atoms with Gasteiger partial charge in [-0.3, -0.25) is 0 Å². The Hall–Kier alpha value is -1.57. The lowest BCUT2D eigenvalue weighted by Gasteiger charge is -2.09. The molecule has 0 atom stereocenters. The minimum atomic E-state index is 0.754. The first-order valence-corrected chi connectivity index (χ1v) is 7.52. The van der Waals surface area contributed by atoms with Crippen molar-refractivity contribution >= 4 is 27.5 Å². The van der Waals surface area contributed by atoms with Crippen molar-refractivity contribution in [3.8, 4) is 22.3 Å². The molecule has 0 nitrogen and oxygen atoms in total. The van der Waals surface area contributed by atoms with Gasteiger partial charge < -0.3 is 0 Å². The van der Waals surface area contributed by atoms with Crippen LogP contribution in [0.4, 0.5) is 0 Å². The van der Waals surface area contributed by atoms with Crippen molar-refractivity contribution in [1.82, 2.24) is 0 Å². The van der Waals surface area contributed by atoms with Gasteiger partial charge in [0.2, 0.25) is 0 Å². The first kappa shape index (κ1) is 13.4. The number of hydrogen-bond donors (Lipinski definition) is 0.